The molecule has 0 saturated carbocycles. The quantitative estimate of drug-likeness (QED) is 0.647. The first-order chi connectivity index (χ1) is 14.3. The summed E-state index contributed by atoms with van der Waals surface area (Å²) in [7, 11) is -3.14. The average Bonchev–Trinajstić information content (AvgIpc) is 3.19. The molecule has 8 nitrogen and oxygen atoms in total. The van der Waals surface area contributed by atoms with E-state index in [4.69, 9.17) is 16.6 Å². The molecule has 1 fully saturated rings. The van der Waals surface area contributed by atoms with Crippen molar-refractivity contribution in [2.45, 2.75) is 25.8 Å². The number of nitrogens with one attached hydrogen (secondary N) is 1. The maximum atomic E-state index is 11.7. The Morgan fingerprint density at radius 2 is 1.90 bits per heavy atom. The van der Waals surface area contributed by atoms with E-state index in [0.29, 0.717) is 36.9 Å². The van der Waals surface area contributed by atoms with E-state index in [9.17, 15) is 8.42 Å². The van der Waals surface area contributed by atoms with Crippen LogP contribution in [0.1, 0.15) is 18.4 Å². The number of benzene rings is 1. The molecule has 10 heteroatoms. The number of rotatable bonds is 5. The van der Waals surface area contributed by atoms with Gasteiger partial charge in [0.05, 0.1) is 28.9 Å². The number of sulfonamides is 1. The fourth-order valence-electron chi connectivity index (χ4n) is 3.53. The normalized spacial score (nSPS) is 16.0. The first-order valence-electron chi connectivity index (χ1n) is 9.66. The van der Waals surface area contributed by atoms with Crippen LogP contribution in [0, 0.1) is 6.92 Å². The van der Waals surface area contributed by atoms with Crippen LogP contribution in [0.4, 0.5) is 5.95 Å². The third kappa shape index (κ3) is 4.48. The van der Waals surface area contributed by atoms with Gasteiger partial charge in [-0.2, -0.15) is 5.10 Å². The zero-order chi connectivity index (χ0) is 21.3. The van der Waals surface area contributed by atoms with Gasteiger partial charge >= 0.3 is 0 Å². The Balaban J connectivity index is 1.52. The lowest BCUT2D eigenvalue weighted by Crippen LogP contribution is -2.42. The lowest BCUT2D eigenvalue weighted by atomic mass is 10.1. The van der Waals surface area contributed by atoms with Crippen LogP contribution < -0.4 is 5.32 Å². The summed E-state index contributed by atoms with van der Waals surface area (Å²) in [6.45, 7) is 2.95. The van der Waals surface area contributed by atoms with Crippen molar-refractivity contribution in [3.63, 3.8) is 0 Å². The predicted octanol–water partition coefficient (Wildman–Crippen LogP) is 3.13. The monoisotopic (exact) mass is 446 g/mol. The lowest BCUT2D eigenvalue weighted by Gasteiger charge is -2.30. The summed E-state index contributed by atoms with van der Waals surface area (Å²) < 4.78 is 26.6. The Morgan fingerprint density at radius 1 is 1.17 bits per heavy atom. The van der Waals surface area contributed by atoms with Crippen LogP contribution in [0.2, 0.25) is 5.02 Å². The van der Waals surface area contributed by atoms with Crippen molar-refractivity contribution in [1.29, 1.82) is 0 Å². The standard InChI is InChI=1S/C20H23ClN6O2S/c1-14-11-22-20(24-16-7-9-26(10-8-16)30(2,28)29)25-19(14)15-12-23-27(13-15)18-6-4-3-5-17(18)21/h3-6,11-13,16H,7-10H2,1-2H3,(H,22,24,25). The van der Waals surface area contributed by atoms with E-state index in [2.05, 4.69) is 15.4 Å². The first-order valence-corrected chi connectivity index (χ1v) is 11.9. The van der Waals surface area contributed by atoms with Gasteiger partial charge in [0, 0.05) is 37.1 Å². The van der Waals surface area contributed by atoms with Gasteiger partial charge in [-0.1, -0.05) is 23.7 Å². The van der Waals surface area contributed by atoms with Gasteiger partial charge in [0.25, 0.3) is 0 Å². The summed E-state index contributed by atoms with van der Waals surface area (Å²) in [5.74, 6) is 0.527. The third-order valence-electron chi connectivity index (χ3n) is 5.18. The predicted molar refractivity (Wildman–Crippen MR) is 117 cm³/mol. The Kier molecular flexibility index (Phi) is 5.77. The minimum absolute atomic E-state index is 0.129. The molecule has 0 bridgehead atoms. The van der Waals surface area contributed by atoms with E-state index in [-0.39, 0.29) is 6.04 Å². The highest BCUT2D eigenvalue weighted by Crippen LogP contribution is 2.25. The number of hydrogen-bond acceptors (Lipinski definition) is 6. The number of hydrogen-bond donors (Lipinski definition) is 1. The molecule has 158 valence electrons. The molecule has 0 amide bonds. The number of anilines is 1. The van der Waals surface area contributed by atoms with Gasteiger partial charge in [0.1, 0.15) is 0 Å². The van der Waals surface area contributed by atoms with E-state index in [1.54, 1.807) is 17.1 Å². The van der Waals surface area contributed by atoms with Crippen LogP contribution in [0.3, 0.4) is 0 Å². The molecule has 0 spiro atoms. The van der Waals surface area contributed by atoms with E-state index in [1.165, 1.54) is 10.6 Å². The highest BCUT2D eigenvalue weighted by molar-refractivity contribution is 7.88. The molecule has 0 unspecified atom stereocenters. The van der Waals surface area contributed by atoms with Crippen LogP contribution in [0.25, 0.3) is 16.9 Å². The lowest BCUT2D eigenvalue weighted by molar-refractivity contribution is 0.331. The topological polar surface area (TPSA) is 93.0 Å². The summed E-state index contributed by atoms with van der Waals surface area (Å²) in [5.41, 5.74) is 3.39. The average molecular weight is 447 g/mol. The van der Waals surface area contributed by atoms with Crippen molar-refractivity contribution in [3.8, 4) is 16.9 Å². The molecule has 1 saturated heterocycles. The molecule has 0 radical (unpaired) electrons. The minimum atomic E-state index is -3.14. The Morgan fingerprint density at radius 3 is 2.60 bits per heavy atom. The van der Waals surface area contributed by atoms with Crippen molar-refractivity contribution in [2.24, 2.45) is 0 Å². The number of aryl methyl sites for hydroxylation is 1. The zero-order valence-electron chi connectivity index (χ0n) is 16.8. The van der Waals surface area contributed by atoms with Gasteiger partial charge in [0.15, 0.2) is 0 Å². The molecule has 2 aromatic heterocycles. The molecule has 0 aliphatic carbocycles. The highest BCUT2D eigenvalue weighted by Gasteiger charge is 2.25. The minimum Gasteiger partial charge on any atom is -0.351 e. The Bertz CT molecular complexity index is 1160. The van der Waals surface area contributed by atoms with Gasteiger partial charge in [-0.25, -0.2) is 27.4 Å². The molecule has 1 aliphatic rings. The smallest absolute Gasteiger partial charge is 0.223 e. The summed E-state index contributed by atoms with van der Waals surface area (Å²) in [5, 5.41) is 8.40. The Labute approximate surface area is 181 Å². The number of aromatic nitrogens is 4. The van der Waals surface area contributed by atoms with Crippen LogP contribution in [-0.4, -0.2) is 57.9 Å². The fraction of sp³-hybridized carbons (Fsp3) is 0.350. The number of piperidine rings is 1. The highest BCUT2D eigenvalue weighted by atomic mass is 35.5. The molecular weight excluding hydrogens is 424 g/mol. The number of para-hydroxylation sites is 1. The van der Waals surface area contributed by atoms with Gasteiger partial charge in [-0.05, 0) is 37.5 Å². The molecule has 3 heterocycles. The van der Waals surface area contributed by atoms with E-state index in [0.717, 1.165) is 22.5 Å². The summed E-state index contributed by atoms with van der Waals surface area (Å²) in [6, 6.07) is 7.65. The van der Waals surface area contributed by atoms with Crippen LogP contribution in [-0.2, 0) is 10.0 Å². The summed E-state index contributed by atoms with van der Waals surface area (Å²) in [4.78, 5) is 9.10. The first kappa shape index (κ1) is 20.8. The van der Waals surface area contributed by atoms with Crippen LogP contribution in [0.15, 0.2) is 42.9 Å². The van der Waals surface area contributed by atoms with Crippen molar-refractivity contribution in [3.05, 3.63) is 53.4 Å². The number of nitrogens with zero attached hydrogens (tertiary/aromatic N) is 5. The second-order valence-corrected chi connectivity index (χ2v) is 9.82. The van der Waals surface area contributed by atoms with Crippen molar-refractivity contribution < 1.29 is 8.42 Å². The second-order valence-electron chi connectivity index (χ2n) is 7.43. The van der Waals surface area contributed by atoms with Gasteiger partial charge in [-0.15, -0.1) is 0 Å². The maximum Gasteiger partial charge on any atom is 0.223 e. The van der Waals surface area contributed by atoms with Crippen molar-refractivity contribution >= 4 is 27.6 Å². The SMILES string of the molecule is Cc1cnc(NC2CCN(S(C)(=O)=O)CC2)nc1-c1cnn(-c2ccccc2Cl)c1. The third-order valence-corrected chi connectivity index (χ3v) is 6.81. The van der Waals surface area contributed by atoms with E-state index < -0.39 is 10.0 Å². The van der Waals surface area contributed by atoms with Gasteiger partial charge in [-0.3, -0.25) is 0 Å². The zero-order valence-corrected chi connectivity index (χ0v) is 18.4. The fourth-order valence-corrected chi connectivity index (χ4v) is 4.63. The molecule has 30 heavy (non-hydrogen) atoms. The largest absolute Gasteiger partial charge is 0.351 e. The molecule has 1 aromatic carbocycles. The van der Waals surface area contributed by atoms with Crippen molar-refractivity contribution in [1.82, 2.24) is 24.1 Å². The molecule has 0 atom stereocenters. The van der Waals surface area contributed by atoms with Crippen LogP contribution in [0.5, 0.6) is 0 Å². The van der Waals surface area contributed by atoms with E-state index in [1.807, 2.05) is 37.4 Å². The van der Waals surface area contributed by atoms with Crippen molar-refractivity contribution in [2.75, 3.05) is 24.7 Å². The van der Waals surface area contributed by atoms with Gasteiger partial charge in [0.2, 0.25) is 16.0 Å². The van der Waals surface area contributed by atoms with E-state index >= 15 is 0 Å². The second kappa shape index (κ2) is 8.33. The summed E-state index contributed by atoms with van der Waals surface area (Å²) >= 11 is 6.28. The Hall–Kier alpha value is -2.49. The van der Waals surface area contributed by atoms with Gasteiger partial charge < -0.3 is 5.32 Å². The molecule has 1 N–H and O–H groups in total. The van der Waals surface area contributed by atoms with Crippen LogP contribution >= 0.6 is 11.6 Å². The molecule has 4 rings (SSSR count). The molecule has 3 aromatic rings. The summed E-state index contributed by atoms with van der Waals surface area (Å²) in [6.07, 6.45) is 8.11. The molecule has 1 aliphatic heterocycles. The number of halogens is 1. The molecular formula is C20H23ClN6O2S. The maximum absolute atomic E-state index is 11.7.